The van der Waals surface area contributed by atoms with Gasteiger partial charge in [-0.3, -0.25) is 4.99 Å². The van der Waals surface area contributed by atoms with Gasteiger partial charge in [-0.25, -0.2) is 4.79 Å². The van der Waals surface area contributed by atoms with Crippen molar-refractivity contribution < 1.29 is 9.90 Å². The number of aromatic carboxylic acids is 1. The van der Waals surface area contributed by atoms with Crippen molar-refractivity contribution in [2.45, 2.75) is 13.5 Å². The molecule has 0 saturated carbocycles. The summed E-state index contributed by atoms with van der Waals surface area (Å²) in [4.78, 5) is 15.6. The monoisotopic (exact) mass is 292 g/mol. The molecule has 3 aromatic rings. The second kappa shape index (κ2) is 5.85. The molecule has 0 spiro atoms. The van der Waals surface area contributed by atoms with Crippen LogP contribution in [0.15, 0.2) is 59.7 Å². The van der Waals surface area contributed by atoms with Crippen molar-refractivity contribution in [2.75, 3.05) is 0 Å². The lowest BCUT2D eigenvalue weighted by Crippen LogP contribution is -1.96. The zero-order chi connectivity index (χ0) is 15.5. The summed E-state index contributed by atoms with van der Waals surface area (Å²) in [6.45, 7) is 2.97. The Kier molecular flexibility index (Phi) is 3.74. The first-order chi connectivity index (χ1) is 10.7. The molecule has 3 rings (SSSR count). The Labute approximate surface area is 128 Å². The van der Waals surface area contributed by atoms with Crippen LogP contribution in [0, 0.1) is 0 Å². The molecule has 1 heterocycles. The first-order valence-corrected chi connectivity index (χ1v) is 7.15. The zero-order valence-corrected chi connectivity index (χ0v) is 12.2. The van der Waals surface area contributed by atoms with Gasteiger partial charge in [0.1, 0.15) is 0 Å². The number of aryl methyl sites for hydroxylation is 1. The second-order valence-corrected chi connectivity index (χ2v) is 4.97. The Morgan fingerprint density at radius 1 is 1.18 bits per heavy atom. The third-order valence-corrected chi connectivity index (χ3v) is 3.64. The molecule has 0 bridgehead atoms. The molecule has 0 aliphatic carbocycles. The van der Waals surface area contributed by atoms with Crippen molar-refractivity contribution in [3.63, 3.8) is 0 Å². The SMILES string of the molecule is CCn1cc(C=Nc2ccccc2C(=O)O)c2ccccc21. The van der Waals surface area contributed by atoms with Crippen LogP contribution >= 0.6 is 0 Å². The lowest BCUT2D eigenvalue weighted by Gasteiger charge is -1.99. The van der Waals surface area contributed by atoms with E-state index in [4.69, 9.17) is 0 Å². The maximum atomic E-state index is 11.2. The van der Waals surface area contributed by atoms with Gasteiger partial charge in [0.25, 0.3) is 0 Å². The summed E-state index contributed by atoms with van der Waals surface area (Å²) in [6, 6.07) is 14.9. The highest BCUT2D eigenvalue weighted by molar-refractivity contribution is 6.01. The summed E-state index contributed by atoms with van der Waals surface area (Å²) in [6.07, 6.45) is 3.77. The Balaban J connectivity index is 2.05. The largest absolute Gasteiger partial charge is 0.478 e. The number of aromatic nitrogens is 1. The van der Waals surface area contributed by atoms with Crippen molar-refractivity contribution in [3.05, 3.63) is 65.9 Å². The van der Waals surface area contributed by atoms with E-state index in [0.29, 0.717) is 5.69 Å². The molecule has 110 valence electrons. The number of hydrogen-bond acceptors (Lipinski definition) is 2. The third kappa shape index (κ3) is 2.51. The second-order valence-electron chi connectivity index (χ2n) is 4.97. The maximum absolute atomic E-state index is 11.2. The summed E-state index contributed by atoms with van der Waals surface area (Å²) >= 11 is 0. The van der Waals surface area contributed by atoms with Crippen LogP contribution in [0.4, 0.5) is 5.69 Å². The molecule has 4 heteroatoms. The number of carboxylic acids is 1. The molecule has 2 aromatic carbocycles. The van der Waals surface area contributed by atoms with E-state index in [2.05, 4.69) is 22.5 Å². The molecule has 22 heavy (non-hydrogen) atoms. The average Bonchev–Trinajstić information content (AvgIpc) is 2.91. The highest BCUT2D eigenvalue weighted by atomic mass is 16.4. The van der Waals surface area contributed by atoms with Crippen molar-refractivity contribution in [1.82, 2.24) is 4.57 Å². The van der Waals surface area contributed by atoms with Gasteiger partial charge in [-0.2, -0.15) is 0 Å². The minimum atomic E-state index is -0.969. The van der Waals surface area contributed by atoms with E-state index in [1.54, 1.807) is 30.5 Å². The third-order valence-electron chi connectivity index (χ3n) is 3.64. The summed E-state index contributed by atoms with van der Waals surface area (Å²) in [5.41, 5.74) is 2.80. The minimum absolute atomic E-state index is 0.206. The van der Waals surface area contributed by atoms with Crippen LogP contribution in [0.25, 0.3) is 10.9 Å². The minimum Gasteiger partial charge on any atom is -0.478 e. The summed E-state index contributed by atoms with van der Waals surface area (Å²) in [7, 11) is 0. The highest BCUT2D eigenvalue weighted by Crippen LogP contribution is 2.22. The van der Waals surface area contributed by atoms with E-state index in [0.717, 1.165) is 23.0 Å². The predicted octanol–water partition coefficient (Wildman–Crippen LogP) is 4.11. The molecule has 0 radical (unpaired) electrons. The Morgan fingerprint density at radius 2 is 1.91 bits per heavy atom. The fourth-order valence-electron chi connectivity index (χ4n) is 2.55. The number of fused-ring (bicyclic) bond motifs is 1. The van der Waals surface area contributed by atoms with Crippen LogP contribution in [-0.2, 0) is 6.54 Å². The topological polar surface area (TPSA) is 54.6 Å². The van der Waals surface area contributed by atoms with Crippen LogP contribution < -0.4 is 0 Å². The number of benzene rings is 2. The predicted molar refractivity (Wildman–Crippen MR) is 88.3 cm³/mol. The number of rotatable bonds is 4. The smallest absolute Gasteiger partial charge is 0.337 e. The first kappa shape index (κ1) is 14.1. The molecular formula is C18H16N2O2. The normalized spacial score (nSPS) is 11.3. The molecule has 0 unspecified atom stereocenters. The average molecular weight is 292 g/mol. The van der Waals surface area contributed by atoms with Crippen molar-refractivity contribution in [3.8, 4) is 0 Å². The molecule has 4 nitrogen and oxygen atoms in total. The fourth-order valence-corrected chi connectivity index (χ4v) is 2.55. The molecule has 0 amide bonds. The summed E-state index contributed by atoms with van der Waals surface area (Å²) < 4.78 is 2.15. The van der Waals surface area contributed by atoms with Gasteiger partial charge in [-0.15, -0.1) is 0 Å². The van der Waals surface area contributed by atoms with Crippen LogP contribution in [0.1, 0.15) is 22.8 Å². The number of nitrogens with zero attached hydrogens (tertiary/aromatic N) is 2. The summed E-state index contributed by atoms with van der Waals surface area (Å²) in [5, 5.41) is 10.3. The number of aliphatic imine (C=N–C) groups is 1. The molecule has 1 N–H and O–H groups in total. The lowest BCUT2D eigenvalue weighted by atomic mass is 10.1. The van der Waals surface area contributed by atoms with E-state index in [1.165, 1.54) is 0 Å². The molecular weight excluding hydrogens is 276 g/mol. The van der Waals surface area contributed by atoms with E-state index < -0.39 is 5.97 Å². The van der Waals surface area contributed by atoms with Crippen LogP contribution in [-0.4, -0.2) is 21.9 Å². The molecule has 0 aliphatic heterocycles. The van der Waals surface area contributed by atoms with Gasteiger partial charge in [0.05, 0.1) is 11.3 Å². The Morgan fingerprint density at radius 3 is 2.68 bits per heavy atom. The molecule has 1 aromatic heterocycles. The van der Waals surface area contributed by atoms with E-state index in [-0.39, 0.29) is 5.56 Å². The van der Waals surface area contributed by atoms with E-state index in [1.807, 2.05) is 24.4 Å². The van der Waals surface area contributed by atoms with Crippen molar-refractivity contribution in [1.29, 1.82) is 0 Å². The Bertz CT molecular complexity index is 862. The number of carbonyl (C=O) groups is 1. The van der Waals surface area contributed by atoms with E-state index in [9.17, 15) is 9.90 Å². The standard InChI is InChI=1S/C18H16N2O2/c1-2-20-12-13(14-7-4-6-10-17(14)20)11-19-16-9-5-3-8-15(16)18(21)22/h3-12H,2H2,1H3,(H,21,22). The van der Waals surface area contributed by atoms with Gasteiger partial charge < -0.3 is 9.67 Å². The maximum Gasteiger partial charge on any atom is 0.337 e. The van der Waals surface area contributed by atoms with Gasteiger partial charge in [-0.05, 0) is 25.1 Å². The Hall–Kier alpha value is -2.88. The molecule has 0 atom stereocenters. The van der Waals surface area contributed by atoms with E-state index >= 15 is 0 Å². The number of hydrogen-bond donors (Lipinski definition) is 1. The summed E-state index contributed by atoms with van der Waals surface area (Å²) in [5.74, 6) is -0.969. The van der Waals surface area contributed by atoms with Gasteiger partial charge >= 0.3 is 5.97 Å². The molecule has 0 aliphatic rings. The molecule has 0 saturated heterocycles. The first-order valence-electron chi connectivity index (χ1n) is 7.15. The molecule has 0 fully saturated rings. The quantitative estimate of drug-likeness (QED) is 0.736. The van der Waals surface area contributed by atoms with Gasteiger partial charge in [-0.1, -0.05) is 30.3 Å². The van der Waals surface area contributed by atoms with Gasteiger partial charge in [0, 0.05) is 35.4 Å². The fraction of sp³-hybridized carbons (Fsp3) is 0.111. The van der Waals surface area contributed by atoms with Crippen molar-refractivity contribution in [2.24, 2.45) is 4.99 Å². The van der Waals surface area contributed by atoms with Crippen LogP contribution in [0.5, 0.6) is 0 Å². The zero-order valence-electron chi connectivity index (χ0n) is 12.2. The number of carboxylic acid groups (broad SMARTS) is 1. The van der Waals surface area contributed by atoms with Crippen LogP contribution in [0.2, 0.25) is 0 Å². The number of para-hydroxylation sites is 2. The van der Waals surface area contributed by atoms with Crippen LogP contribution in [0.3, 0.4) is 0 Å². The lowest BCUT2D eigenvalue weighted by molar-refractivity contribution is 0.0698. The van der Waals surface area contributed by atoms with Crippen molar-refractivity contribution >= 4 is 28.8 Å². The van der Waals surface area contributed by atoms with Gasteiger partial charge in [0.15, 0.2) is 0 Å². The highest BCUT2D eigenvalue weighted by Gasteiger charge is 2.08. The van der Waals surface area contributed by atoms with Gasteiger partial charge in [0.2, 0.25) is 0 Å².